The van der Waals surface area contributed by atoms with Gasteiger partial charge in [0.15, 0.2) is 0 Å². The molecule has 1 amide bonds. The topological polar surface area (TPSA) is 55.6 Å². The fourth-order valence-corrected chi connectivity index (χ4v) is 1.40. The number of amides is 1. The van der Waals surface area contributed by atoms with Gasteiger partial charge in [0.2, 0.25) is 0 Å². The Bertz CT molecular complexity index is 232. The van der Waals surface area contributed by atoms with Crippen LogP contribution in [0, 0.1) is 0 Å². The summed E-state index contributed by atoms with van der Waals surface area (Å²) in [6, 6.07) is 0. The molecule has 1 heterocycles. The highest BCUT2D eigenvalue weighted by atomic mass is 19.4. The molecular weight excluding hydrogens is 213 g/mol. The normalized spacial score (nSPS) is 23.7. The summed E-state index contributed by atoms with van der Waals surface area (Å²) in [6.07, 6.45) is -4.92. The van der Waals surface area contributed by atoms with Gasteiger partial charge in [0.25, 0.3) is 0 Å². The monoisotopic (exact) mass is 226 g/mol. The number of carbonyl (C=O) groups is 1. The van der Waals surface area contributed by atoms with Gasteiger partial charge in [0.1, 0.15) is 0 Å². The van der Waals surface area contributed by atoms with E-state index in [0.717, 1.165) is 4.90 Å². The van der Waals surface area contributed by atoms with Crippen molar-refractivity contribution in [1.29, 1.82) is 0 Å². The molecule has 1 fully saturated rings. The fraction of sp³-hybridized carbons (Fsp3) is 0.875. The minimum absolute atomic E-state index is 0.0643. The molecule has 0 aromatic heterocycles. The van der Waals surface area contributed by atoms with Crippen LogP contribution in [0.1, 0.15) is 6.42 Å². The summed E-state index contributed by atoms with van der Waals surface area (Å²) in [5, 5.41) is 0. The predicted molar refractivity (Wildman–Crippen MR) is 46.0 cm³/mol. The standard InChI is InChI=1S/C8H13F3N2O2/c9-8(10,11)7(14)13-2-1-3-15-6(4-12)5-13/h6H,1-5,12H2. The van der Waals surface area contributed by atoms with Crippen LogP contribution in [0.25, 0.3) is 0 Å². The molecule has 1 aliphatic heterocycles. The lowest BCUT2D eigenvalue weighted by Gasteiger charge is -2.23. The Morgan fingerprint density at radius 3 is 2.73 bits per heavy atom. The molecule has 0 aliphatic carbocycles. The van der Waals surface area contributed by atoms with Crippen molar-refractivity contribution in [2.24, 2.45) is 5.73 Å². The summed E-state index contributed by atoms with van der Waals surface area (Å²) in [5.41, 5.74) is 5.30. The summed E-state index contributed by atoms with van der Waals surface area (Å²) in [5.74, 6) is -1.81. The lowest BCUT2D eigenvalue weighted by atomic mass is 10.3. The van der Waals surface area contributed by atoms with Gasteiger partial charge < -0.3 is 15.4 Å². The van der Waals surface area contributed by atoms with Gasteiger partial charge in [-0.2, -0.15) is 13.2 Å². The average Bonchev–Trinajstić information content (AvgIpc) is 2.39. The molecule has 0 aromatic rings. The van der Waals surface area contributed by atoms with Gasteiger partial charge in [-0.15, -0.1) is 0 Å². The number of nitrogens with two attached hydrogens (primary N) is 1. The lowest BCUT2D eigenvalue weighted by molar-refractivity contribution is -0.186. The third-order valence-electron chi connectivity index (χ3n) is 2.14. The van der Waals surface area contributed by atoms with Crippen LogP contribution in [0.3, 0.4) is 0 Å². The first-order chi connectivity index (χ1) is 6.95. The van der Waals surface area contributed by atoms with Crippen LogP contribution in [0.4, 0.5) is 13.2 Å². The Balaban J connectivity index is 2.63. The van der Waals surface area contributed by atoms with Gasteiger partial charge in [0, 0.05) is 26.2 Å². The van der Waals surface area contributed by atoms with Crippen molar-refractivity contribution >= 4 is 5.91 Å². The van der Waals surface area contributed by atoms with Gasteiger partial charge in [-0.05, 0) is 6.42 Å². The van der Waals surface area contributed by atoms with Crippen molar-refractivity contribution < 1.29 is 22.7 Å². The Morgan fingerprint density at radius 1 is 1.53 bits per heavy atom. The number of halogens is 3. The Labute approximate surface area is 85.2 Å². The maximum atomic E-state index is 12.1. The van der Waals surface area contributed by atoms with Crippen LogP contribution in [0.2, 0.25) is 0 Å². The third-order valence-corrected chi connectivity index (χ3v) is 2.14. The molecule has 0 radical (unpaired) electrons. The summed E-state index contributed by atoms with van der Waals surface area (Å²) in [6.45, 7) is 0.425. The van der Waals surface area contributed by atoms with Crippen molar-refractivity contribution in [1.82, 2.24) is 4.90 Å². The number of carbonyl (C=O) groups excluding carboxylic acids is 1. The zero-order valence-electron chi connectivity index (χ0n) is 8.09. The summed E-state index contributed by atoms with van der Waals surface area (Å²) in [7, 11) is 0. The zero-order chi connectivity index (χ0) is 11.5. The van der Waals surface area contributed by atoms with E-state index in [1.165, 1.54) is 0 Å². The predicted octanol–water partition coefficient (Wildman–Crippen LogP) is 0.125. The highest BCUT2D eigenvalue weighted by molar-refractivity contribution is 5.81. The second kappa shape index (κ2) is 4.80. The summed E-state index contributed by atoms with van der Waals surface area (Å²) >= 11 is 0. The average molecular weight is 226 g/mol. The maximum Gasteiger partial charge on any atom is 0.471 e. The van der Waals surface area contributed by atoms with Gasteiger partial charge in [-0.25, -0.2) is 0 Å². The van der Waals surface area contributed by atoms with Crippen LogP contribution in [-0.4, -0.2) is 49.3 Å². The molecule has 2 N–H and O–H groups in total. The van der Waals surface area contributed by atoms with E-state index < -0.39 is 18.2 Å². The lowest BCUT2D eigenvalue weighted by Crippen LogP contribution is -2.45. The van der Waals surface area contributed by atoms with E-state index in [1.54, 1.807) is 0 Å². The van der Waals surface area contributed by atoms with Crippen LogP contribution >= 0.6 is 0 Å². The van der Waals surface area contributed by atoms with E-state index in [1.807, 2.05) is 0 Å². The second-order valence-electron chi connectivity index (χ2n) is 3.33. The third kappa shape index (κ3) is 3.35. The fourth-order valence-electron chi connectivity index (χ4n) is 1.40. The number of hydrogen-bond donors (Lipinski definition) is 1. The van der Waals surface area contributed by atoms with Crippen molar-refractivity contribution in [3.05, 3.63) is 0 Å². The molecule has 4 nitrogen and oxygen atoms in total. The van der Waals surface area contributed by atoms with E-state index in [4.69, 9.17) is 10.5 Å². The molecule has 0 bridgehead atoms. The molecule has 1 atom stereocenters. The minimum Gasteiger partial charge on any atom is -0.375 e. The SMILES string of the molecule is NCC1CN(C(=O)C(F)(F)F)CCCO1. The first-order valence-corrected chi connectivity index (χ1v) is 4.63. The molecule has 0 saturated carbocycles. The molecule has 15 heavy (non-hydrogen) atoms. The first kappa shape index (κ1) is 12.3. The van der Waals surface area contributed by atoms with E-state index in [9.17, 15) is 18.0 Å². The smallest absolute Gasteiger partial charge is 0.375 e. The molecule has 0 spiro atoms. The number of nitrogens with zero attached hydrogens (tertiary/aromatic N) is 1. The van der Waals surface area contributed by atoms with Crippen LogP contribution < -0.4 is 5.73 Å². The molecule has 7 heteroatoms. The zero-order valence-corrected chi connectivity index (χ0v) is 8.09. The van der Waals surface area contributed by atoms with Gasteiger partial charge in [-0.3, -0.25) is 4.79 Å². The molecule has 1 saturated heterocycles. The van der Waals surface area contributed by atoms with E-state index in [2.05, 4.69) is 0 Å². The van der Waals surface area contributed by atoms with Crippen molar-refractivity contribution in [2.75, 3.05) is 26.2 Å². The Morgan fingerprint density at radius 2 is 2.20 bits per heavy atom. The number of hydrogen-bond acceptors (Lipinski definition) is 3. The number of ether oxygens (including phenoxy) is 1. The largest absolute Gasteiger partial charge is 0.471 e. The molecular formula is C8H13F3N2O2. The van der Waals surface area contributed by atoms with Crippen molar-refractivity contribution in [3.8, 4) is 0 Å². The highest BCUT2D eigenvalue weighted by Gasteiger charge is 2.43. The summed E-state index contributed by atoms with van der Waals surface area (Å²) in [4.78, 5) is 11.7. The molecule has 0 aromatic carbocycles. The van der Waals surface area contributed by atoms with E-state index in [0.29, 0.717) is 13.0 Å². The first-order valence-electron chi connectivity index (χ1n) is 4.63. The van der Waals surface area contributed by atoms with Gasteiger partial charge >= 0.3 is 12.1 Å². The summed E-state index contributed by atoms with van der Waals surface area (Å²) < 4.78 is 41.6. The maximum absolute atomic E-state index is 12.1. The van der Waals surface area contributed by atoms with Crippen molar-refractivity contribution in [2.45, 2.75) is 18.7 Å². The van der Waals surface area contributed by atoms with E-state index >= 15 is 0 Å². The van der Waals surface area contributed by atoms with E-state index in [-0.39, 0.29) is 19.6 Å². The number of alkyl halides is 3. The molecule has 1 aliphatic rings. The van der Waals surface area contributed by atoms with Gasteiger partial charge in [0.05, 0.1) is 6.10 Å². The van der Waals surface area contributed by atoms with Gasteiger partial charge in [-0.1, -0.05) is 0 Å². The minimum atomic E-state index is -4.82. The van der Waals surface area contributed by atoms with Crippen LogP contribution in [0.5, 0.6) is 0 Å². The molecule has 1 rings (SSSR count). The van der Waals surface area contributed by atoms with Crippen LogP contribution in [-0.2, 0) is 9.53 Å². The molecule has 1 unspecified atom stereocenters. The van der Waals surface area contributed by atoms with Crippen molar-refractivity contribution in [3.63, 3.8) is 0 Å². The second-order valence-corrected chi connectivity index (χ2v) is 3.33. The highest BCUT2D eigenvalue weighted by Crippen LogP contribution is 2.20. The molecule has 88 valence electrons. The Kier molecular flexibility index (Phi) is 3.92. The quantitative estimate of drug-likeness (QED) is 0.691. The Hall–Kier alpha value is -0.820. The number of rotatable bonds is 1. The van der Waals surface area contributed by atoms with Crippen LogP contribution in [0.15, 0.2) is 0 Å².